The van der Waals surface area contributed by atoms with Crippen LogP contribution in [-0.4, -0.2) is 43.1 Å². The lowest BCUT2D eigenvalue weighted by Crippen LogP contribution is -2.47. The van der Waals surface area contributed by atoms with Gasteiger partial charge in [-0.25, -0.2) is 0 Å². The van der Waals surface area contributed by atoms with Crippen molar-refractivity contribution < 1.29 is 9.53 Å². The third-order valence-electron chi connectivity index (χ3n) is 4.87. The maximum Gasteiger partial charge on any atom is 0.226 e. The Labute approximate surface area is 153 Å². The molecule has 24 heavy (non-hydrogen) atoms. The predicted octanol–water partition coefficient (Wildman–Crippen LogP) is 3.50. The molecule has 6 heteroatoms. The molecule has 0 aromatic heterocycles. The van der Waals surface area contributed by atoms with Crippen molar-refractivity contribution in [2.75, 3.05) is 26.2 Å². The molecule has 4 nitrogen and oxygen atoms in total. The third kappa shape index (κ3) is 4.63. The van der Waals surface area contributed by atoms with E-state index in [0.717, 1.165) is 57.4 Å². The number of carbonyl (C=O) groups excluding carboxylic acids is 1. The van der Waals surface area contributed by atoms with Crippen molar-refractivity contribution in [1.29, 1.82) is 0 Å². The monoisotopic (exact) mass is 370 g/mol. The maximum absolute atomic E-state index is 12.5. The summed E-state index contributed by atoms with van der Waals surface area (Å²) >= 11 is 12.0. The zero-order chi connectivity index (χ0) is 16.9. The van der Waals surface area contributed by atoms with Crippen LogP contribution in [0.3, 0.4) is 0 Å². The number of amides is 1. The third-order valence-corrected chi connectivity index (χ3v) is 5.61. The van der Waals surface area contributed by atoms with Crippen LogP contribution in [0.1, 0.15) is 31.2 Å². The Bertz CT molecular complexity index is 568. The zero-order valence-electron chi connectivity index (χ0n) is 13.8. The summed E-state index contributed by atoms with van der Waals surface area (Å²) < 4.78 is 5.99. The van der Waals surface area contributed by atoms with Crippen molar-refractivity contribution in [2.24, 2.45) is 5.92 Å². The quantitative estimate of drug-likeness (QED) is 0.881. The summed E-state index contributed by atoms with van der Waals surface area (Å²) in [6, 6.07) is 5.57. The fraction of sp³-hybridized carbons (Fsp3) is 0.611. The van der Waals surface area contributed by atoms with Crippen molar-refractivity contribution in [3.63, 3.8) is 0 Å². The Morgan fingerprint density at radius 2 is 2.00 bits per heavy atom. The molecule has 2 fully saturated rings. The highest BCUT2D eigenvalue weighted by Gasteiger charge is 2.29. The molecule has 0 saturated carbocycles. The number of carbonyl (C=O) groups is 1. The first-order valence-electron chi connectivity index (χ1n) is 8.68. The van der Waals surface area contributed by atoms with Gasteiger partial charge in [-0.3, -0.25) is 4.79 Å². The predicted molar refractivity (Wildman–Crippen MR) is 96.4 cm³/mol. The zero-order valence-corrected chi connectivity index (χ0v) is 15.3. The molecule has 0 aliphatic carbocycles. The summed E-state index contributed by atoms with van der Waals surface area (Å²) in [5.74, 6) is 0.470. The van der Waals surface area contributed by atoms with Gasteiger partial charge in [-0.2, -0.15) is 0 Å². The van der Waals surface area contributed by atoms with Crippen LogP contribution in [0.2, 0.25) is 10.0 Å². The van der Waals surface area contributed by atoms with E-state index in [1.807, 2.05) is 17.0 Å². The minimum atomic E-state index is 0.160. The Balaban J connectivity index is 1.43. The van der Waals surface area contributed by atoms with Gasteiger partial charge in [0.25, 0.3) is 0 Å². The second kappa shape index (κ2) is 8.52. The van der Waals surface area contributed by atoms with E-state index in [1.54, 1.807) is 6.07 Å². The smallest absolute Gasteiger partial charge is 0.226 e. The fourth-order valence-electron chi connectivity index (χ4n) is 3.41. The van der Waals surface area contributed by atoms with E-state index in [1.165, 1.54) is 0 Å². The van der Waals surface area contributed by atoms with Gasteiger partial charge in [0, 0.05) is 19.6 Å². The molecule has 1 aromatic carbocycles. The largest absolute Gasteiger partial charge is 0.373 e. The molecule has 1 N–H and O–H groups in total. The second-order valence-corrected chi connectivity index (χ2v) is 7.44. The highest BCUT2D eigenvalue weighted by Crippen LogP contribution is 2.24. The lowest BCUT2D eigenvalue weighted by atomic mass is 9.96. The molecule has 0 radical (unpaired) electrons. The molecular formula is C18H24Cl2N2O2. The number of nitrogens with zero attached hydrogens (tertiary/aromatic N) is 1. The molecule has 1 unspecified atom stereocenters. The van der Waals surface area contributed by atoms with E-state index in [-0.39, 0.29) is 12.0 Å². The number of benzene rings is 1. The topological polar surface area (TPSA) is 41.6 Å². The first kappa shape index (κ1) is 18.0. The van der Waals surface area contributed by atoms with Crippen LogP contribution in [0, 0.1) is 5.92 Å². The molecule has 3 rings (SSSR count). The number of ether oxygens (including phenoxy) is 1. The van der Waals surface area contributed by atoms with E-state index in [9.17, 15) is 4.79 Å². The van der Waals surface area contributed by atoms with Gasteiger partial charge < -0.3 is 15.0 Å². The van der Waals surface area contributed by atoms with Crippen LogP contribution in [-0.2, 0) is 16.1 Å². The molecule has 2 saturated heterocycles. The summed E-state index contributed by atoms with van der Waals surface area (Å²) in [6.45, 7) is 3.98. The van der Waals surface area contributed by atoms with Gasteiger partial charge in [-0.1, -0.05) is 29.3 Å². The normalized spacial score (nSPS) is 22.6. The van der Waals surface area contributed by atoms with Crippen molar-refractivity contribution in [3.05, 3.63) is 33.8 Å². The molecule has 1 amide bonds. The minimum Gasteiger partial charge on any atom is -0.373 e. The molecule has 1 atom stereocenters. The van der Waals surface area contributed by atoms with E-state index >= 15 is 0 Å². The first-order chi connectivity index (χ1) is 11.6. The molecule has 132 valence electrons. The van der Waals surface area contributed by atoms with Gasteiger partial charge in [0.05, 0.1) is 28.7 Å². The van der Waals surface area contributed by atoms with Crippen LogP contribution in [0.5, 0.6) is 0 Å². The Hall–Kier alpha value is -0.810. The van der Waals surface area contributed by atoms with Gasteiger partial charge in [-0.05, 0) is 49.9 Å². The lowest BCUT2D eigenvalue weighted by Gasteiger charge is -2.35. The molecule has 2 aliphatic heterocycles. The number of piperidine rings is 2. The van der Waals surface area contributed by atoms with Crippen LogP contribution in [0.4, 0.5) is 0 Å². The van der Waals surface area contributed by atoms with Gasteiger partial charge in [0.2, 0.25) is 5.91 Å². The molecule has 2 heterocycles. The minimum absolute atomic E-state index is 0.160. The number of halogens is 2. The second-order valence-electron chi connectivity index (χ2n) is 6.63. The van der Waals surface area contributed by atoms with E-state index in [2.05, 4.69) is 5.32 Å². The molecule has 0 spiro atoms. The number of hydrogen-bond acceptors (Lipinski definition) is 3. The number of nitrogens with one attached hydrogen (secondary N) is 1. The number of hydrogen-bond donors (Lipinski definition) is 1. The summed E-state index contributed by atoms with van der Waals surface area (Å²) in [5.41, 5.74) is 1.02. The SMILES string of the molecule is O=C(C1CCCNC1)N1CCC(OCc2ccc(Cl)c(Cl)c2)CC1. The van der Waals surface area contributed by atoms with Gasteiger partial charge in [-0.15, -0.1) is 0 Å². The molecular weight excluding hydrogens is 347 g/mol. The van der Waals surface area contributed by atoms with Crippen LogP contribution < -0.4 is 5.32 Å². The average molecular weight is 371 g/mol. The van der Waals surface area contributed by atoms with Crippen LogP contribution >= 0.6 is 23.2 Å². The first-order valence-corrected chi connectivity index (χ1v) is 9.44. The number of rotatable bonds is 4. The highest BCUT2D eigenvalue weighted by molar-refractivity contribution is 6.42. The maximum atomic E-state index is 12.5. The number of likely N-dealkylation sites (tertiary alicyclic amines) is 1. The standard InChI is InChI=1S/C18H24Cl2N2O2/c19-16-4-3-13(10-17(16)20)12-24-15-5-8-22(9-6-15)18(23)14-2-1-7-21-11-14/h3-4,10,14-15,21H,1-2,5-9,11-12H2. The van der Waals surface area contributed by atoms with Crippen molar-refractivity contribution in [1.82, 2.24) is 10.2 Å². The van der Waals surface area contributed by atoms with E-state index in [4.69, 9.17) is 27.9 Å². The van der Waals surface area contributed by atoms with Crippen molar-refractivity contribution in [3.8, 4) is 0 Å². The summed E-state index contributed by atoms with van der Waals surface area (Å²) in [6.07, 6.45) is 4.10. The van der Waals surface area contributed by atoms with Gasteiger partial charge in [0.1, 0.15) is 0 Å². The molecule has 0 bridgehead atoms. The summed E-state index contributed by atoms with van der Waals surface area (Å²) in [4.78, 5) is 14.5. The summed E-state index contributed by atoms with van der Waals surface area (Å²) in [5, 5.41) is 4.43. The molecule has 1 aromatic rings. The van der Waals surface area contributed by atoms with Crippen molar-refractivity contribution in [2.45, 2.75) is 38.4 Å². The van der Waals surface area contributed by atoms with E-state index < -0.39 is 0 Å². The molecule has 2 aliphatic rings. The van der Waals surface area contributed by atoms with Crippen LogP contribution in [0.15, 0.2) is 18.2 Å². The lowest BCUT2D eigenvalue weighted by molar-refractivity contribution is -0.138. The highest BCUT2D eigenvalue weighted by atomic mass is 35.5. The van der Waals surface area contributed by atoms with Gasteiger partial charge in [0.15, 0.2) is 0 Å². The van der Waals surface area contributed by atoms with Crippen molar-refractivity contribution >= 4 is 29.1 Å². The Kier molecular flexibility index (Phi) is 6.39. The Morgan fingerprint density at radius 1 is 1.21 bits per heavy atom. The summed E-state index contributed by atoms with van der Waals surface area (Å²) in [7, 11) is 0. The van der Waals surface area contributed by atoms with Crippen LogP contribution in [0.25, 0.3) is 0 Å². The van der Waals surface area contributed by atoms with Gasteiger partial charge >= 0.3 is 0 Å². The Morgan fingerprint density at radius 3 is 2.67 bits per heavy atom. The van der Waals surface area contributed by atoms with E-state index in [0.29, 0.717) is 22.6 Å². The average Bonchev–Trinajstić information content (AvgIpc) is 2.63. The fourth-order valence-corrected chi connectivity index (χ4v) is 3.73.